The van der Waals surface area contributed by atoms with Crippen molar-refractivity contribution in [1.82, 2.24) is 4.90 Å². The number of aliphatic hydroxyl groups is 1. The number of nitrogens with one attached hydrogen (secondary N) is 1. The zero-order chi connectivity index (χ0) is 30.3. The number of rotatable bonds is 12. The van der Waals surface area contributed by atoms with Crippen LogP contribution in [0.1, 0.15) is 41.3 Å². The van der Waals surface area contributed by atoms with Gasteiger partial charge in [-0.3, -0.25) is 9.59 Å². The second kappa shape index (κ2) is 14.1. The summed E-state index contributed by atoms with van der Waals surface area (Å²) >= 11 is 0. The molecule has 9 heteroatoms. The van der Waals surface area contributed by atoms with E-state index >= 15 is 0 Å². The van der Waals surface area contributed by atoms with E-state index in [1.165, 1.54) is 0 Å². The molecule has 1 heterocycles. The van der Waals surface area contributed by atoms with Crippen LogP contribution in [0.2, 0.25) is 18.6 Å². The van der Waals surface area contributed by atoms with Crippen LogP contribution in [0.25, 0.3) is 0 Å². The van der Waals surface area contributed by atoms with Crippen LogP contribution in [-0.4, -0.2) is 60.3 Å². The molecule has 0 bridgehead atoms. The van der Waals surface area contributed by atoms with Gasteiger partial charge < -0.3 is 30.6 Å². The zero-order valence-corrected chi connectivity index (χ0v) is 25.7. The number of benzene rings is 3. The molecule has 1 fully saturated rings. The normalized spacial score (nSPS) is 20.3. The quantitative estimate of drug-likeness (QED) is 0.177. The van der Waals surface area contributed by atoms with Gasteiger partial charge in [0.05, 0.1) is 25.2 Å². The SMILES string of the molecule is C[C@@H]1[C@@H]([Si](C)(C)O)[C@H](CC(=O)N(CCO)Cc2ccccc2)O[C@@H]1CCc1ccc(NC(=O)c2ccc(N)cc2)cc1. The molecule has 1 aliphatic heterocycles. The molecular formula is C33H43N3O5Si. The van der Waals surface area contributed by atoms with Crippen molar-refractivity contribution in [2.24, 2.45) is 5.92 Å². The van der Waals surface area contributed by atoms with Gasteiger partial charge in [-0.15, -0.1) is 0 Å². The number of ether oxygens (including phenoxy) is 1. The average molecular weight is 590 g/mol. The van der Waals surface area contributed by atoms with Gasteiger partial charge in [-0.1, -0.05) is 49.4 Å². The Bertz CT molecular complexity index is 1310. The van der Waals surface area contributed by atoms with E-state index in [2.05, 4.69) is 12.2 Å². The Morgan fingerprint density at radius 3 is 2.24 bits per heavy atom. The highest BCUT2D eigenvalue weighted by atomic mass is 28.4. The van der Waals surface area contributed by atoms with Gasteiger partial charge >= 0.3 is 0 Å². The van der Waals surface area contributed by atoms with Crippen LogP contribution in [0.3, 0.4) is 0 Å². The molecule has 5 N–H and O–H groups in total. The lowest BCUT2D eigenvalue weighted by Gasteiger charge is -2.31. The van der Waals surface area contributed by atoms with E-state index in [1.54, 1.807) is 29.2 Å². The van der Waals surface area contributed by atoms with Crippen molar-refractivity contribution in [2.75, 3.05) is 24.2 Å². The van der Waals surface area contributed by atoms with E-state index < -0.39 is 8.32 Å². The highest BCUT2D eigenvalue weighted by molar-refractivity contribution is 6.71. The van der Waals surface area contributed by atoms with Crippen molar-refractivity contribution in [3.05, 3.63) is 95.6 Å². The molecule has 42 heavy (non-hydrogen) atoms. The number of nitrogens with zero attached hydrogens (tertiary/aromatic N) is 1. The predicted octanol–water partition coefficient (Wildman–Crippen LogP) is 4.84. The van der Waals surface area contributed by atoms with Crippen LogP contribution in [0, 0.1) is 5.92 Å². The molecule has 3 aromatic carbocycles. The first-order valence-corrected chi connectivity index (χ1v) is 17.6. The summed E-state index contributed by atoms with van der Waals surface area (Å²) in [6, 6.07) is 24.3. The number of nitrogen functional groups attached to an aromatic ring is 1. The van der Waals surface area contributed by atoms with Gasteiger partial charge in [0.2, 0.25) is 5.91 Å². The fraction of sp³-hybridized carbons (Fsp3) is 0.394. The minimum atomic E-state index is -2.64. The summed E-state index contributed by atoms with van der Waals surface area (Å²) in [6.45, 7) is 6.52. The number of amides is 2. The number of hydrogen-bond donors (Lipinski definition) is 4. The standard InChI is InChI=1S/C33H43N3O5Si/c1-23-29(18-11-24-9-16-28(17-10-24)35-33(39)26-12-14-27(34)15-13-26)41-30(32(23)42(2,3)40)21-31(38)36(19-20-37)22-25-7-5-4-6-8-25/h4-10,12-17,23,29-30,32,37,40H,11,18-22,34H2,1-3H3,(H,35,39)/t23-,29+,30-,32+/m0/s1. The molecule has 0 aliphatic carbocycles. The van der Waals surface area contributed by atoms with Crippen molar-refractivity contribution in [3.63, 3.8) is 0 Å². The summed E-state index contributed by atoms with van der Waals surface area (Å²) in [5.74, 6) is -0.168. The first-order valence-electron chi connectivity index (χ1n) is 14.6. The fourth-order valence-electron chi connectivity index (χ4n) is 6.03. The maximum absolute atomic E-state index is 13.4. The molecule has 1 aliphatic rings. The van der Waals surface area contributed by atoms with Crippen LogP contribution in [0.5, 0.6) is 0 Å². The number of carbonyl (C=O) groups is 2. The molecule has 3 aromatic rings. The van der Waals surface area contributed by atoms with Crippen molar-refractivity contribution in [3.8, 4) is 0 Å². The Hall–Kier alpha value is -3.50. The Balaban J connectivity index is 1.36. The van der Waals surface area contributed by atoms with Gasteiger partial charge in [0.25, 0.3) is 5.91 Å². The van der Waals surface area contributed by atoms with Gasteiger partial charge in [-0.05, 0) is 79.4 Å². The molecule has 0 spiro atoms. The number of aryl methyl sites for hydroxylation is 1. The van der Waals surface area contributed by atoms with E-state index in [0.717, 1.165) is 24.0 Å². The molecular weight excluding hydrogens is 546 g/mol. The fourth-order valence-corrected chi connectivity index (χ4v) is 8.63. The first kappa shape index (κ1) is 31.4. The van der Waals surface area contributed by atoms with Crippen molar-refractivity contribution >= 4 is 31.5 Å². The number of nitrogens with two attached hydrogens (primary N) is 1. The Morgan fingerprint density at radius 2 is 1.62 bits per heavy atom. The second-order valence-corrected chi connectivity index (χ2v) is 15.8. The second-order valence-electron chi connectivity index (χ2n) is 11.8. The van der Waals surface area contributed by atoms with Crippen LogP contribution in [0.4, 0.5) is 11.4 Å². The summed E-state index contributed by atoms with van der Waals surface area (Å²) in [7, 11) is -2.64. The van der Waals surface area contributed by atoms with Crippen LogP contribution in [0.15, 0.2) is 78.9 Å². The topological polar surface area (TPSA) is 125 Å². The van der Waals surface area contributed by atoms with Crippen molar-refractivity contribution in [1.29, 1.82) is 0 Å². The average Bonchev–Trinajstić information content (AvgIpc) is 3.28. The lowest BCUT2D eigenvalue weighted by molar-refractivity contribution is -0.135. The Labute approximate surface area is 249 Å². The molecule has 0 aromatic heterocycles. The first-order chi connectivity index (χ1) is 20.0. The molecule has 0 saturated carbocycles. The van der Waals surface area contributed by atoms with E-state index in [-0.39, 0.29) is 55.1 Å². The summed E-state index contributed by atoms with van der Waals surface area (Å²) in [4.78, 5) is 38.8. The van der Waals surface area contributed by atoms with Crippen molar-refractivity contribution < 1.29 is 24.2 Å². The lowest BCUT2D eigenvalue weighted by Crippen LogP contribution is -2.42. The van der Waals surface area contributed by atoms with Gasteiger partial charge in [0.15, 0.2) is 8.32 Å². The monoisotopic (exact) mass is 589 g/mol. The van der Waals surface area contributed by atoms with E-state index in [4.69, 9.17) is 10.5 Å². The zero-order valence-electron chi connectivity index (χ0n) is 24.7. The smallest absolute Gasteiger partial charge is 0.255 e. The van der Waals surface area contributed by atoms with Gasteiger partial charge in [0, 0.05) is 35.6 Å². The minimum Gasteiger partial charge on any atom is -0.432 e. The summed E-state index contributed by atoms with van der Waals surface area (Å²) < 4.78 is 6.52. The molecule has 2 amide bonds. The maximum Gasteiger partial charge on any atom is 0.255 e. The highest BCUT2D eigenvalue weighted by Crippen LogP contribution is 2.45. The predicted molar refractivity (Wildman–Crippen MR) is 168 cm³/mol. The van der Waals surface area contributed by atoms with Gasteiger partial charge in [-0.25, -0.2) is 0 Å². The number of carbonyl (C=O) groups excluding carboxylic acids is 2. The van der Waals surface area contributed by atoms with E-state index in [9.17, 15) is 19.5 Å². The van der Waals surface area contributed by atoms with Crippen LogP contribution >= 0.6 is 0 Å². The molecule has 224 valence electrons. The van der Waals surface area contributed by atoms with Gasteiger partial charge in [0.1, 0.15) is 0 Å². The van der Waals surface area contributed by atoms with Crippen LogP contribution in [-0.2, 0) is 22.5 Å². The lowest BCUT2D eigenvalue weighted by atomic mass is 9.95. The van der Waals surface area contributed by atoms with Crippen LogP contribution < -0.4 is 11.1 Å². The molecule has 0 radical (unpaired) electrons. The Morgan fingerprint density at radius 1 is 0.952 bits per heavy atom. The largest absolute Gasteiger partial charge is 0.432 e. The molecule has 1 saturated heterocycles. The highest BCUT2D eigenvalue weighted by Gasteiger charge is 2.50. The van der Waals surface area contributed by atoms with Gasteiger partial charge in [-0.2, -0.15) is 0 Å². The third kappa shape index (κ3) is 8.29. The summed E-state index contributed by atoms with van der Waals surface area (Å²) in [5, 5.41) is 12.5. The van der Waals surface area contributed by atoms with E-state index in [0.29, 0.717) is 23.5 Å². The van der Waals surface area contributed by atoms with Crippen molar-refractivity contribution in [2.45, 2.75) is 63.6 Å². The molecule has 8 nitrogen and oxygen atoms in total. The summed E-state index contributed by atoms with van der Waals surface area (Å²) in [6.07, 6.45) is 1.25. The minimum absolute atomic E-state index is 0.0781. The molecule has 4 rings (SSSR count). The third-order valence-corrected chi connectivity index (χ3v) is 10.7. The summed E-state index contributed by atoms with van der Waals surface area (Å²) in [5.41, 5.74) is 9.60. The number of hydrogen-bond acceptors (Lipinski definition) is 6. The molecule has 4 atom stereocenters. The molecule has 0 unspecified atom stereocenters. The Kier molecular flexibility index (Phi) is 10.6. The van der Waals surface area contributed by atoms with E-state index in [1.807, 2.05) is 67.7 Å². The number of aliphatic hydroxyl groups excluding tert-OH is 1. The third-order valence-electron chi connectivity index (χ3n) is 8.14. The maximum atomic E-state index is 13.4. The number of anilines is 2.